The molecule has 0 bridgehead atoms. The zero-order valence-corrected chi connectivity index (χ0v) is 17.1. The Morgan fingerprint density at radius 1 is 1.06 bits per heavy atom. The molecule has 1 atom stereocenters. The number of hydrogen-bond acceptors (Lipinski definition) is 6. The third kappa shape index (κ3) is 3.15. The second-order valence-electron chi connectivity index (χ2n) is 7.48. The van der Waals surface area contributed by atoms with E-state index in [9.17, 15) is 14.4 Å². The first-order valence-corrected chi connectivity index (χ1v) is 10.0. The van der Waals surface area contributed by atoms with Crippen LogP contribution in [0, 0.1) is 0 Å². The van der Waals surface area contributed by atoms with Gasteiger partial charge in [0.2, 0.25) is 5.76 Å². The third-order valence-electron chi connectivity index (χ3n) is 5.60. The van der Waals surface area contributed by atoms with Gasteiger partial charge in [0.15, 0.2) is 5.43 Å². The van der Waals surface area contributed by atoms with Crippen LogP contribution < -0.4 is 5.43 Å². The molecule has 4 aromatic rings. The smallest absolute Gasteiger partial charge is 0.337 e. The maximum atomic E-state index is 13.4. The fourth-order valence-electron chi connectivity index (χ4n) is 4.08. The number of benzene rings is 2. The SMILES string of the molecule is COC(=O)c1ccc(C2c3c(oc4ccccc4c3=O)C(=O)N2Cc2cccnc2)cc1. The topological polar surface area (TPSA) is 89.7 Å². The van der Waals surface area contributed by atoms with E-state index in [0.717, 1.165) is 5.56 Å². The number of aromatic nitrogens is 1. The largest absolute Gasteiger partial charge is 0.465 e. The summed E-state index contributed by atoms with van der Waals surface area (Å²) < 4.78 is 10.7. The van der Waals surface area contributed by atoms with Gasteiger partial charge in [0, 0.05) is 18.9 Å². The Labute approximate surface area is 182 Å². The molecule has 0 N–H and O–H groups in total. The van der Waals surface area contributed by atoms with Crippen molar-refractivity contribution in [1.29, 1.82) is 0 Å². The van der Waals surface area contributed by atoms with Crippen LogP contribution in [-0.4, -0.2) is 28.9 Å². The Hall–Kier alpha value is -4.26. The molecule has 0 radical (unpaired) electrons. The van der Waals surface area contributed by atoms with Crippen LogP contribution >= 0.6 is 0 Å². The quantitative estimate of drug-likeness (QED) is 0.462. The summed E-state index contributed by atoms with van der Waals surface area (Å²) in [6.45, 7) is 0.246. The zero-order valence-electron chi connectivity index (χ0n) is 17.1. The lowest BCUT2D eigenvalue weighted by Crippen LogP contribution is -2.29. The number of pyridine rings is 1. The van der Waals surface area contributed by atoms with Crippen molar-refractivity contribution in [2.75, 3.05) is 7.11 Å². The number of ether oxygens (including phenoxy) is 1. The van der Waals surface area contributed by atoms with Crippen molar-refractivity contribution < 1.29 is 18.7 Å². The lowest BCUT2D eigenvalue weighted by Gasteiger charge is -2.25. The van der Waals surface area contributed by atoms with E-state index < -0.39 is 12.0 Å². The molecule has 5 rings (SSSR count). The predicted molar refractivity (Wildman–Crippen MR) is 116 cm³/mol. The molecular formula is C25H18N2O5. The molecule has 0 spiro atoms. The van der Waals surface area contributed by atoms with E-state index in [-0.39, 0.29) is 23.6 Å². The van der Waals surface area contributed by atoms with E-state index in [1.807, 2.05) is 6.07 Å². The normalized spacial score (nSPS) is 15.1. The average molecular weight is 426 g/mol. The van der Waals surface area contributed by atoms with Gasteiger partial charge in [0.05, 0.1) is 29.7 Å². The highest BCUT2D eigenvalue weighted by molar-refractivity contribution is 5.99. The molecular weight excluding hydrogens is 408 g/mol. The maximum Gasteiger partial charge on any atom is 0.337 e. The first kappa shape index (κ1) is 19.7. The van der Waals surface area contributed by atoms with Gasteiger partial charge < -0.3 is 14.1 Å². The minimum Gasteiger partial charge on any atom is -0.465 e. The minimum atomic E-state index is -0.662. The second-order valence-corrected chi connectivity index (χ2v) is 7.48. The van der Waals surface area contributed by atoms with Gasteiger partial charge in [0.25, 0.3) is 5.91 Å². The molecule has 2 aromatic heterocycles. The molecule has 32 heavy (non-hydrogen) atoms. The van der Waals surface area contributed by atoms with E-state index in [4.69, 9.17) is 9.15 Å². The fourth-order valence-corrected chi connectivity index (χ4v) is 4.08. The van der Waals surface area contributed by atoms with Gasteiger partial charge in [-0.3, -0.25) is 14.6 Å². The number of esters is 1. The number of para-hydroxylation sites is 1. The molecule has 0 fully saturated rings. The molecule has 1 unspecified atom stereocenters. The van der Waals surface area contributed by atoms with Crippen LogP contribution in [0.4, 0.5) is 0 Å². The number of amides is 1. The molecule has 2 aromatic carbocycles. The van der Waals surface area contributed by atoms with Crippen LogP contribution in [-0.2, 0) is 11.3 Å². The first-order valence-electron chi connectivity index (χ1n) is 10.0. The number of methoxy groups -OCH3 is 1. The number of rotatable bonds is 4. The number of carbonyl (C=O) groups is 2. The van der Waals surface area contributed by atoms with Crippen molar-refractivity contribution >= 4 is 22.8 Å². The molecule has 3 heterocycles. The van der Waals surface area contributed by atoms with Crippen LogP contribution in [0.25, 0.3) is 11.0 Å². The fraction of sp³-hybridized carbons (Fsp3) is 0.120. The molecule has 7 heteroatoms. The monoisotopic (exact) mass is 426 g/mol. The predicted octanol–water partition coefficient (Wildman–Crippen LogP) is 3.72. The summed E-state index contributed by atoms with van der Waals surface area (Å²) in [6.07, 6.45) is 3.34. The summed E-state index contributed by atoms with van der Waals surface area (Å²) in [5.74, 6) is -0.787. The number of hydrogen-bond donors (Lipinski definition) is 0. The number of fused-ring (bicyclic) bond motifs is 2. The first-order chi connectivity index (χ1) is 15.6. The van der Waals surface area contributed by atoms with Gasteiger partial charge >= 0.3 is 5.97 Å². The van der Waals surface area contributed by atoms with Crippen molar-refractivity contribution in [2.45, 2.75) is 12.6 Å². The van der Waals surface area contributed by atoms with Crippen molar-refractivity contribution in [2.24, 2.45) is 0 Å². The molecule has 7 nitrogen and oxygen atoms in total. The molecule has 1 amide bonds. The Kier molecular flexibility index (Phi) is 4.78. The lowest BCUT2D eigenvalue weighted by atomic mass is 9.97. The molecule has 0 saturated carbocycles. The lowest BCUT2D eigenvalue weighted by molar-refractivity contribution is 0.0599. The molecule has 158 valence electrons. The highest BCUT2D eigenvalue weighted by Crippen LogP contribution is 2.39. The van der Waals surface area contributed by atoms with Crippen LogP contribution in [0.3, 0.4) is 0 Å². The summed E-state index contributed by atoms with van der Waals surface area (Å²) in [4.78, 5) is 44.4. The van der Waals surface area contributed by atoms with Crippen LogP contribution in [0.5, 0.6) is 0 Å². The van der Waals surface area contributed by atoms with Gasteiger partial charge in [-0.05, 0) is 41.5 Å². The van der Waals surface area contributed by atoms with Gasteiger partial charge in [0.1, 0.15) is 5.58 Å². The van der Waals surface area contributed by atoms with Crippen molar-refractivity contribution in [3.8, 4) is 0 Å². The molecule has 0 saturated heterocycles. The van der Waals surface area contributed by atoms with Crippen LogP contribution in [0.2, 0.25) is 0 Å². The van der Waals surface area contributed by atoms with E-state index in [0.29, 0.717) is 27.7 Å². The zero-order chi connectivity index (χ0) is 22.2. The number of nitrogens with zero attached hydrogens (tertiary/aromatic N) is 2. The van der Waals surface area contributed by atoms with Crippen molar-refractivity contribution in [1.82, 2.24) is 9.88 Å². The van der Waals surface area contributed by atoms with Crippen LogP contribution in [0.15, 0.2) is 82.3 Å². The Bertz CT molecular complexity index is 1390. The van der Waals surface area contributed by atoms with Gasteiger partial charge in [-0.15, -0.1) is 0 Å². The third-order valence-corrected chi connectivity index (χ3v) is 5.60. The Balaban J connectivity index is 1.68. The van der Waals surface area contributed by atoms with Gasteiger partial charge in [-0.25, -0.2) is 4.79 Å². The van der Waals surface area contributed by atoms with Gasteiger partial charge in [-0.1, -0.05) is 30.3 Å². The maximum absolute atomic E-state index is 13.4. The van der Waals surface area contributed by atoms with E-state index >= 15 is 0 Å². The minimum absolute atomic E-state index is 0.0413. The summed E-state index contributed by atoms with van der Waals surface area (Å²) in [5.41, 5.74) is 2.31. The summed E-state index contributed by atoms with van der Waals surface area (Å²) in [7, 11) is 1.31. The summed E-state index contributed by atoms with van der Waals surface area (Å²) in [5, 5.41) is 0.415. The van der Waals surface area contributed by atoms with E-state index in [2.05, 4.69) is 4.98 Å². The summed E-state index contributed by atoms with van der Waals surface area (Å²) in [6, 6.07) is 16.6. The molecule has 1 aliphatic rings. The Morgan fingerprint density at radius 3 is 2.56 bits per heavy atom. The Morgan fingerprint density at radius 2 is 1.84 bits per heavy atom. The van der Waals surface area contributed by atoms with Crippen molar-refractivity contribution in [3.05, 3.63) is 111 Å². The second kappa shape index (κ2) is 7.77. The summed E-state index contributed by atoms with van der Waals surface area (Å²) >= 11 is 0. The molecule has 1 aliphatic heterocycles. The highest BCUT2D eigenvalue weighted by atomic mass is 16.5. The van der Waals surface area contributed by atoms with E-state index in [1.54, 1.807) is 71.9 Å². The van der Waals surface area contributed by atoms with Gasteiger partial charge in [-0.2, -0.15) is 0 Å². The standard InChI is InChI=1S/C25H18N2O5/c1-31-25(30)17-10-8-16(9-11-17)21-20-22(28)18-6-2-3-7-19(18)32-23(20)24(29)27(21)14-15-5-4-12-26-13-15/h2-13,21H,14H2,1H3. The molecule has 0 aliphatic carbocycles. The van der Waals surface area contributed by atoms with Crippen LogP contribution in [0.1, 0.15) is 43.6 Å². The highest BCUT2D eigenvalue weighted by Gasteiger charge is 2.42. The van der Waals surface area contributed by atoms with E-state index in [1.165, 1.54) is 7.11 Å². The number of carbonyl (C=O) groups excluding carboxylic acids is 2. The van der Waals surface area contributed by atoms with Crippen molar-refractivity contribution in [3.63, 3.8) is 0 Å². The average Bonchev–Trinajstić information content (AvgIpc) is 3.11.